The summed E-state index contributed by atoms with van der Waals surface area (Å²) >= 11 is 0. The molecule has 0 aliphatic carbocycles. The Morgan fingerprint density at radius 3 is 2.59 bits per heavy atom. The van der Waals surface area contributed by atoms with Crippen molar-refractivity contribution in [3.8, 4) is 22.3 Å². The highest BCUT2D eigenvalue weighted by Gasteiger charge is 2.10. The molecule has 0 aliphatic heterocycles. The Balaban J connectivity index is 1.86. The summed E-state index contributed by atoms with van der Waals surface area (Å²) in [6, 6.07) is 13.3. The molecule has 3 aromatic rings. The molecule has 0 saturated heterocycles. The van der Waals surface area contributed by atoms with Gasteiger partial charge in [0, 0.05) is 48.4 Å². The van der Waals surface area contributed by atoms with Crippen LogP contribution in [0.2, 0.25) is 0 Å². The number of anilines is 1. The van der Waals surface area contributed by atoms with Crippen LogP contribution in [0.25, 0.3) is 22.3 Å². The van der Waals surface area contributed by atoms with Crippen molar-refractivity contribution in [1.82, 2.24) is 20.2 Å². The number of nitrogens with zero attached hydrogens (tertiary/aromatic N) is 3. The van der Waals surface area contributed by atoms with Crippen LogP contribution in [0.5, 0.6) is 0 Å². The maximum Gasteiger partial charge on any atom is 0.251 e. The Bertz CT molecular complexity index is 925. The molecule has 0 unspecified atom stereocenters. The third-order valence-corrected chi connectivity index (χ3v) is 4.21. The molecule has 2 heterocycles. The van der Waals surface area contributed by atoms with Gasteiger partial charge < -0.3 is 16.0 Å². The van der Waals surface area contributed by atoms with Crippen LogP contribution in [-0.4, -0.2) is 48.0 Å². The second kappa shape index (κ2) is 8.42. The minimum atomic E-state index is -0.0866. The summed E-state index contributed by atoms with van der Waals surface area (Å²) in [5, 5.41) is 2.93. The molecule has 0 radical (unpaired) electrons. The molecule has 1 amide bonds. The van der Waals surface area contributed by atoms with Crippen molar-refractivity contribution in [3.63, 3.8) is 0 Å². The highest BCUT2D eigenvalue weighted by atomic mass is 16.1. The fourth-order valence-electron chi connectivity index (χ4n) is 2.73. The highest BCUT2D eigenvalue weighted by molar-refractivity contribution is 5.95. The summed E-state index contributed by atoms with van der Waals surface area (Å²) in [5.74, 6) is 0.374. The standard InChI is InChI=1S/C21H23N5O/c1-26(2)11-10-24-21(27)17-5-3-4-16(12-17)18-13-19(20(22)25-14-18)15-6-8-23-9-7-15/h3-9,12-14H,10-11H2,1-2H3,(H2,22,25)(H,24,27). The van der Waals surface area contributed by atoms with Gasteiger partial charge in [-0.1, -0.05) is 12.1 Å². The molecule has 27 heavy (non-hydrogen) atoms. The molecule has 3 N–H and O–H groups in total. The molecule has 2 aromatic heterocycles. The second-order valence-electron chi connectivity index (χ2n) is 6.53. The molecule has 3 rings (SSSR count). The normalized spacial score (nSPS) is 10.8. The Morgan fingerprint density at radius 1 is 1.07 bits per heavy atom. The molecule has 0 saturated carbocycles. The number of nitrogen functional groups attached to an aromatic ring is 1. The van der Waals surface area contributed by atoms with E-state index in [2.05, 4.69) is 15.3 Å². The van der Waals surface area contributed by atoms with Gasteiger partial charge in [-0.2, -0.15) is 0 Å². The summed E-state index contributed by atoms with van der Waals surface area (Å²) in [6.07, 6.45) is 5.17. The maximum atomic E-state index is 12.4. The van der Waals surface area contributed by atoms with Gasteiger partial charge in [-0.3, -0.25) is 9.78 Å². The first-order valence-electron chi connectivity index (χ1n) is 8.74. The maximum absolute atomic E-state index is 12.4. The predicted molar refractivity (Wildman–Crippen MR) is 108 cm³/mol. The van der Waals surface area contributed by atoms with E-state index in [0.29, 0.717) is 17.9 Å². The summed E-state index contributed by atoms with van der Waals surface area (Å²) in [6.45, 7) is 1.40. The first-order valence-corrected chi connectivity index (χ1v) is 8.74. The zero-order valence-corrected chi connectivity index (χ0v) is 15.5. The summed E-state index contributed by atoms with van der Waals surface area (Å²) < 4.78 is 0. The SMILES string of the molecule is CN(C)CCNC(=O)c1cccc(-c2cnc(N)c(-c3ccncc3)c2)c1. The average Bonchev–Trinajstić information content (AvgIpc) is 2.69. The van der Waals surface area contributed by atoms with Gasteiger partial charge in [0.2, 0.25) is 0 Å². The number of rotatable bonds is 6. The molecular formula is C21H23N5O. The van der Waals surface area contributed by atoms with Crippen LogP contribution < -0.4 is 11.1 Å². The number of aromatic nitrogens is 2. The Morgan fingerprint density at radius 2 is 1.85 bits per heavy atom. The fourth-order valence-corrected chi connectivity index (χ4v) is 2.73. The lowest BCUT2D eigenvalue weighted by Crippen LogP contribution is -2.31. The first-order chi connectivity index (χ1) is 13.0. The summed E-state index contributed by atoms with van der Waals surface area (Å²) in [7, 11) is 3.95. The zero-order valence-electron chi connectivity index (χ0n) is 15.5. The van der Waals surface area contributed by atoms with Crippen LogP contribution in [0.4, 0.5) is 5.82 Å². The molecule has 0 atom stereocenters. The van der Waals surface area contributed by atoms with Crippen molar-refractivity contribution in [2.45, 2.75) is 0 Å². The molecule has 6 nitrogen and oxygen atoms in total. The number of carbonyl (C=O) groups excluding carboxylic acids is 1. The van der Waals surface area contributed by atoms with Gasteiger partial charge in [0.15, 0.2) is 0 Å². The van der Waals surface area contributed by atoms with Gasteiger partial charge in [0.05, 0.1) is 0 Å². The van der Waals surface area contributed by atoms with E-state index in [1.165, 1.54) is 0 Å². The van der Waals surface area contributed by atoms with E-state index in [4.69, 9.17) is 5.73 Å². The van der Waals surface area contributed by atoms with Crippen molar-refractivity contribution in [1.29, 1.82) is 0 Å². The number of pyridine rings is 2. The summed E-state index contributed by atoms with van der Waals surface area (Å²) in [4.78, 5) is 22.8. The number of amides is 1. The van der Waals surface area contributed by atoms with Crippen LogP contribution >= 0.6 is 0 Å². The van der Waals surface area contributed by atoms with E-state index in [0.717, 1.165) is 28.8 Å². The lowest BCUT2D eigenvalue weighted by atomic mass is 10.00. The third kappa shape index (κ3) is 4.68. The molecule has 0 aliphatic rings. The quantitative estimate of drug-likeness (QED) is 0.705. The van der Waals surface area contributed by atoms with E-state index in [1.807, 2.05) is 61.5 Å². The van der Waals surface area contributed by atoms with Crippen molar-refractivity contribution in [2.24, 2.45) is 0 Å². The highest BCUT2D eigenvalue weighted by Crippen LogP contribution is 2.29. The largest absolute Gasteiger partial charge is 0.383 e. The number of hydrogen-bond donors (Lipinski definition) is 2. The third-order valence-electron chi connectivity index (χ3n) is 4.21. The Kier molecular flexibility index (Phi) is 5.78. The van der Waals surface area contributed by atoms with Crippen molar-refractivity contribution < 1.29 is 4.79 Å². The molecule has 138 valence electrons. The average molecular weight is 361 g/mol. The van der Waals surface area contributed by atoms with E-state index in [1.54, 1.807) is 18.6 Å². The van der Waals surface area contributed by atoms with Gasteiger partial charge in [-0.15, -0.1) is 0 Å². The molecular weight excluding hydrogens is 338 g/mol. The van der Waals surface area contributed by atoms with Gasteiger partial charge in [0.25, 0.3) is 5.91 Å². The lowest BCUT2D eigenvalue weighted by molar-refractivity contribution is 0.0951. The van der Waals surface area contributed by atoms with Crippen molar-refractivity contribution in [2.75, 3.05) is 32.9 Å². The van der Waals surface area contributed by atoms with E-state index in [-0.39, 0.29) is 5.91 Å². The van der Waals surface area contributed by atoms with Gasteiger partial charge in [-0.05, 0) is 55.6 Å². The van der Waals surface area contributed by atoms with E-state index < -0.39 is 0 Å². The Hall–Kier alpha value is -3.25. The van der Waals surface area contributed by atoms with Gasteiger partial charge in [0.1, 0.15) is 5.82 Å². The zero-order chi connectivity index (χ0) is 19.2. The number of benzene rings is 1. The smallest absolute Gasteiger partial charge is 0.251 e. The van der Waals surface area contributed by atoms with E-state index in [9.17, 15) is 4.79 Å². The van der Waals surface area contributed by atoms with Crippen LogP contribution in [0.3, 0.4) is 0 Å². The van der Waals surface area contributed by atoms with E-state index >= 15 is 0 Å². The monoisotopic (exact) mass is 361 g/mol. The fraction of sp³-hybridized carbons (Fsp3) is 0.190. The predicted octanol–water partition coefficient (Wildman–Crippen LogP) is 2.68. The summed E-state index contributed by atoms with van der Waals surface area (Å²) in [5.41, 5.74) is 10.3. The molecule has 0 fully saturated rings. The van der Waals surface area contributed by atoms with Crippen LogP contribution in [0.15, 0.2) is 61.1 Å². The van der Waals surface area contributed by atoms with Crippen LogP contribution in [0.1, 0.15) is 10.4 Å². The minimum absolute atomic E-state index is 0.0866. The lowest BCUT2D eigenvalue weighted by Gasteiger charge is -2.11. The first kappa shape index (κ1) is 18.5. The number of carbonyl (C=O) groups is 1. The van der Waals surface area contributed by atoms with Crippen LogP contribution in [0, 0.1) is 0 Å². The number of hydrogen-bond acceptors (Lipinski definition) is 5. The molecule has 0 bridgehead atoms. The Labute approximate surface area is 159 Å². The van der Waals surface area contributed by atoms with Gasteiger partial charge >= 0.3 is 0 Å². The molecule has 1 aromatic carbocycles. The topological polar surface area (TPSA) is 84.1 Å². The minimum Gasteiger partial charge on any atom is -0.383 e. The van der Waals surface area contributed by atoms with Crippen molar-refractivity contribution >= 4 is 11.7 Å². The second-order valence-corrected chi connectivity index (χ2v) is 6.53. The molecule has 0 spiro atoms. The van der Waals surface area contributed by atoms with Crippen LogP contribution in [-0.2, 0) is 0 Å². The van der Waals surface area contributed by atoms with Crippen molar-refractivity contribution in [3.05, 3.63) is 66.6 Å². The number of likely N-dealkylation sites (N-methyl/N-ethyl adjacent to an activating group) is 1. The number of nitrogens with two attached hydrogens (primary N) is 1. The molecule has 6 heteroatoms. The number of nitrogens with one attached hydrogen (secondary N) is 1. The van der Waals surface area contributed by atoms with Gasteiger partial charge in [-0.25, -0.2) is 4.98 Å².